The number of hydrogen-bond acceptors (Lipinski definition) is 5. The molecule has 0 spiro atoms. The summed E-state index contributed by atoms with van der Waals surface area (Å²) in [6, 6.07) is 11.3. The molecule has 1 saturated heterocycles. The van der Waals surface area contributed by atoms with Crippen LogP contribution in [-0.4, -0.2) is 47.1 Å². The number of piperazine rings is 1. The number of anilines is 1. The molecule has 0 unspecified atom stereocenters. The first kappa shape index (κ1) is 16.8. The van der Waals surface area contributed by atoms with Crippen LogP contribution in [0.2, 0.25) is 10.4 Å². The van der Waals surface area contributed by atoms with Gasteiger partial charge in [0.05, 0.1) is 0 Å². The summed E-state index contributed by atoms with van der Waals surface area (Å²) in [5.74, 6) is 0.664. The molecular formula is C16H16Cl2N4O2. The number of halogens is 2. The third-order valence-corrected chi connectivity index (χ3v) is 4.08. The third kappa shape index (κ3) is 4.27. The second-order valence-corrected chi connectivity index (χ2v) is 6.06. The van der Waals surface area contributed by atoms with Gasteiger partial charge in [-0.25, -0.2) is 14.8 Å². The van der Waals surface area contributed by atoms with E-state index in [9.17, 15) is 4.79 Å². The number of carbonyl (C=O) groups is 1. The van der Waals surface area contributed by atoms with Crippen molar-refractivity contribution >= 4 is 35.1 Å². The SMILES string of the molecule is O=C(OCc1ccccc1)N1CCN(c2cc(Cl)nc(Cl)n2)CC1. The minimum atomic E-state index is -0.308. The first-order valence-corrected chi connectivity index (χ1v) is 8.28. The van der Waals surface area contributed by atoms with Gasteiger partial charge in [-0.2, -0.15) is 0 Å². The highest BCUT2D eigenvalue weighted by atomic mass is 35.5. The van der Waals surface area contributed by atoms with Gasteiger partial charge in [0.15, 0.2) is 0 Å². The number of ether oxygens (including phenoxy) is 1. The minimum absolute atomic E-state index is 0.113. The summed E-state index contributed by atoms with van der Waals surface area (Å²) >= 11 is 11.7. The van der Waals surface area contributed by atoms with E-state index in [2.05, 4.69) is 9.97 Å². The van der Waals surface area contributed by atoms with Crippen LogP contribution in [0.3, 0.4) is 0 Å². The number of hydrogen-bond donors (Lipinski definition) is 0. The average Bonchev–Trinajstić information content (AvgIpc) is 2.60. The molecule has 1 fully saturated rings. The normalized spacial score (nSPS) is 14.6. The van der Waals surface area contributed by atoms with E-state index < -0.39 is 0 Å². The Labute approximate surface area is 150 Å². The lowest BCUT2D eigenvalue weighted by atomic mass is 10.2. The first-order chi connectivity index (χ1) is 11.6. The summed E-state index contributed by atoms with van der Waals surface area (Å²) < 4.78 is 5.35. The van der Waals surface area contributed by atoms with Gasteiger partial charge >= 0.3 is 6.09 Å². The Balaban J connectivity index is 1.52. The monoisotopic (exact) mass is 366 g/mol. The number of rotatable bonds is 3. The Kier molecular flexibility index (Phi) is 5.37. The van der Waals surface area contributed by atoms with E-state index in [1.54, 1.807) is 11.0 Å². The topological polar surface area (TPSA) is 58.6 Å². The van der Waals surface area contributed by atoms with Gasteiger partial charge in [0.25, 0.3) is 0 Å². The molecule has 0 atom stereocenters. The van der Waals surface area contributed by atoms with Crippen molar-refractivity contribution in [3.63, 3.8) is 0 Å². The Bertz CT molecular complexity index is 686. The number of carbonyl (C=O) groups excluding carboxylic acids is 1. The van der Waals surface area contributed by atoms with Crippen molar-refractivity contribution in [1.82, 2.24) is 14.9 Å². The second kappa shape index (κ2) is 7.68. The van der Waals surface area contributed by atoms with Gasteiger partial charge in [-0.1, -0.05) is 41.9 Å². The van der Waals surface area contributed by atoms with Crippen LogP contribution in [-0.2, 0) is 11.3 Å². The molecule has 24 heavy (non-hydrogen) atoms. The summed E-state index contributed by atoms with van der Waals surface area (Å²) in [5.41, 5.74) is 0.967. The largest absolute Gasteiger partial charge is 0.445 e. The van der Waals surface area contributed by atoms with Crippen LogP contribution < -0.4 is 4.90 Å². The molecule has 126 valence electrons. The van der Waals surface area contributed by atoms with Crippen LogP contribution in [0.25, 0.3) is 0 Å². The molecule has 3 rings (SSSR count). The number of aromatic nitrogens is 2. The van der Waals surface area contributed by atoms with Gasteiger partial charge in [-0.15, -0.1) is 0 Å². The molecule has 2 aromatic rings. The lowest BCUT2D eigenvalue weighted by Gasteiger charge is -2.34. The quantitative estimate of drug-likeness (QED) is 0.616. The maximum atomic E-state index is 12.1. The van der Waals surface area contributed by atoms with Crippen molar-refractivity contribution in [2.45, 2.75) is 6.61 Å². The molecule has 1 aromatic heterocycles. The molecule has 1 aliphatic heterocycles. The predicted octanol–water partition coefficient (Wildman–Crippen LogP) is 3.24. The lowest BCUT2D eigenvalue weighted by Crippen LogP contribution is -2.49. The fraction of sp³-hybridized carbons (Fsp3) is 0.312. The zero-order valence-corrected chi connectivity index (χ0v) is 14.4. The van der Waals surface area contributed by atoms with Crippen molar-refractivity contribution in [3.8, 4) is 0 Å². The van der Waals surface area contributed by atoms with E-state index in [4.69, 9.17) is 27.9 Å². The highest BCUT2D eigenvalue weighted by molar-refractivity contribution is 6.32. The molecule has 0 aliphatic carbocycles. The van der Waals surface area contributed by atoms with Crippen LogP contribution in [0, 0.1) is 0 Å². The van der Waals surface area contributed by atoms with E-state index in [1.165, 1.54) is 0 Å². The van der Waals surface area contributed by atoms with Gasteiger partial charge in [0, 0.05) is 32.2 Å². The molecular weight excluding hydrogens is 351 g/mol. The van der Waals surface area contributed by atoms with Crippen molar-refractivity contribution in [3.05, 3.63) is 52.4 Å². The fourth-order valence-electron chi connectivity index (χ4n) is 2.47. The molecule has 1 aliphatic rings. The Morgan fingerprint density at radius 2 is 1.79 bits per heavy atom. The average molecular weight is 367 g/mol. The minimum Gasteiger partial charge on any atom is -0.445 e. The smallest absolute Gasteiger partial charge is 0.410 e. The zero-order valence-electron chi connectivity index (χ0n) is 12.9. The number of nitrogens with zero attached hydrogens (tertiary/aromatic N) is 4. The standard InChI is InChI=1S/C16H16Cl2N4O2/c17-13-10-14(20-15(18)19-13)21-6-8-22(9-7-21)16(23)24-11-12-4-2-1-3-5-12/h1-5,10H,6-9,11H2. The third-order valence-electron chi connectivity index (χ3n) is 3.72. The van der Waals surface area contributed by atoms with Gasteiger partial charge in [0.1, 0.15) is 17.6 Å². The van der Waals surface area contributed by atoms with Crippen LogP contribution in [0.5, 0.6) is 0 Å². The maximum Gasteiger partial charge on any atom is 0.410 e. The Hall–Kier alpha value is -2.05. The van der Waals surface area contributed by atoms with Gasteiger partial charge in [0.2, 0.25) is 5.28 Å². The summed E-state index contributed by atoms with van der Waals surface area (Å²) in [6.45, 7) is 2.63. The molecule has 0 radical (unpaired) electrons. The van der Waals surface area contributed by atoms with Gasteiger partial charge in [-0.05, 0) is 17.2 Å². The first-order valence-electron chi connectivity index (χ1n) is 7.52. The second-order valence-electron chi connectivity index (χ2n) is 5.33. The summed E-state index contributed by atoms with van der Waals surface area (Å²) in [6.07, 6.45) is -0.308. The van der Waals surface area contributed by atoms with Crippen LogP contribution >= 0.6 is 23.2 Å². The van der Waals surface area contributed by atoms with Crippen molar-refractivity contribution < 1.29 is 9.53 Å². The van der Waals surface area contributed by atoms with Crippen molar-refractivity contribution in [1.29, 1.82) is 0 Å². The van der Waals surface area contributed by atoms with Crippen LogP contribution in [0.15, 0.2) is 36.4 Å². The van der Waals surface area contributed by atoms with Gasteiger partial charge in [-0.3, -0.25) is 0 Å². The Morgan fingerprint density at radius 1 is 1.08 bits per heavy atom. The maximum absolute atomic E-state index is 12.1. The molecule has 1 amide bonds. The summed E-state index contributed by atoms with van der Waals surface area (Å²) in [7, 11) is 0. The molecule has 1 aromatic carbocycles. The molecule has 2 heterocycles. The fourth-order valence-corrected chi connectivity index (χ4v) is 2.87. The predicted molar refractivity (Wildman–Crippen MR) is 92.5 cm³/mol. The molecule has 6 nitrogen and oxygen atoms in total. The van der Waals surface area contributed by atoms with E-state index >= 15 is 0 Å². The molecule has 0 bridgehead atoms. The van der Waals surface area contributed by atoms with E-state index in [0.29, 0.717) is 37.1 Å². The van der Waals surface area contributed by atoms with E-state index in [0.717, 1.165) is 5.56 Å². The number of benzene rings is 1. The molecule has 0 saturated carbocycles. The van der Waals surface area contributed by atoms with E-state index in [1.807, 2.05) is 35.2 Å². The van der Waals surface area contributed by atoms with Crippen molar-refractivity contribution in [2.24, 2.45) is 0 Å². The van der Waals surface area contributed by atoms with E-state index in [-0.39, 0.29) is 18.0 Å². The van der Waals surface area contributed by atoms with Crippen molar-refractivity contribution in [2.75, 3.05) is 31.1 Å². The summed E-state index contributed by atoms with van der Waals surface area (Å²) in [5, 5.41) is 0.414. The van der Waals surface area contributed by atoms with Crippen LogP contribution in [0.4, 0.5) is 10.6 Å². The highest BCUT2D eigenvalue weighted by Crippen LogP contribution is 2.20. The molecule has 8 heteroatoms. The number of amides is 1. The van der Waals surface area contributed by atoms with Crippen LogP contribution in [0.1, 0.15) is 5.56 Å². The summed E-state index contributed by atoms with van der Waals surface area (Å²) in [4.78, 5) is 23.8. The Morgan fingerprint density at radius 3 is 2.46 bits per heavy atom. The highest BCUT2D eigenvalue weighted by Gasteiger charge is 2.23. The van der Waals surface area contributed by atoms with Gasteiger partial charge < -0.3 is 14.5 Å². The molecule has 0 N–H and O–H groups in total. The lowest BCUT2D eigenvalue weighted by molar-refractivity contribution is 0.0941. The zero-order chi connectivity index (χ0) is 16.9.